The van der Waals surface area contributed by atoms with E-state index in [4.69, 9.17) is 4.42 Å². The van der Waals surface area contributed by atoms with Gasteiger partial charge in [-0.05, 0) is 33.8 Å². The highest BCUT2D eigenvalue weighted by molar-refractivity contribution is 14.0. The minimum Gasteiger partial charge on any atom is -0.466 e. The summed E-state index contributed by atoms with van der Waals surface area (Å²) in [7, 11) is 1.70. The molecule has 1 aromatic rings. The van der Waals surface area contributed by atoms with E-state index in [9.17, 15) is 5.11 Å². The first kappa shape index (κ1) is 18.2. The molecular weight excluding hydrogens is 357 g/mol. The Hall–Kier alpha value is -0.760. The molecular formula is C13H24IN3O2. The molecule has 0 aliphatic rings. The summed E-state index contributed by atoms with van der Waals surface area (Å²) in [4.78, 5) is 4.06. The number of nitrogens with one attached hydrogen (secondary N) is 2. The topological polar surface area (TPSA) is 69.8 Å². The number of hydrogen-bond acceptors (Lipinski definition) is 3. The minimum absolute atomic E-state index is 0. The summed E-state index contributed by atoms with van der Waals surface area (Å²) in [5.41, 5.74) is -0.188. The van der Waals surface area contributed by atoms with Gasteiger partial charge >= 0.3 is 0 Å². The van der Waals surface area contributed by atoms with Crippen LogP contribution in [0.2, 0.25) is 0 Å². The molecule has 0 aliphatic carbocycles. The van der Waals surface area contributed by atoms with Gasteiger partial charge in [-0.25, -0.2) is 0 Å². The van der Waals surface area contributed by atoms with Crippen LogP contribution in [0.1, 0.15) is 30.9 Å². The molecule has 0 fully saturated rings. The molecule has 0 aromatic carbocycles. The third kappa shape index (κ3) is 5.02. The van der Waals surface area contributed by atoms with Gasteiger partial charge in [-0.2, -0.15) is 0 Å². The Morgan fingerprint density at radius 2 is 2.05 bits per heavy atom. The van der Waals surface area contributed by atoms with Gasteiger partial charge in [-0.15, -0.1) is 24.0 Å². The first-order valence-corrected chi connectivity index (χ1v) is 6.15. The highest BCUT2D eigenvalue weighted by Crippen LogP contribution is 2.26. The number of halogens is 1. The third-order valence-corrected chi connectivity index (χ3v) is 2.79. The molecule has 0 radical (unpaired) electrons. The van der Waals surface area contributed by atoms with Crippen LogP contribution in [0.4, 0.5) is 0 Å². The molecule has 1 atom stereocenters. The van der Waals surface area contributed by atoms with Gasteiger partial charge in [0.05, 0.1) is 6.54 Å². The van der Waals surface area contributed by atoms with Crippen molar-refractivity contribution in [2.75, 3.05) is 20.1 Å². The molecule has 110 valence electrons. The van der Waals surface area contributed by atoms with Gasteiger partial charge in [0.1, 0.15) is 17.1 Å². The van der Waals surface area contributed by atoms with E-state index in [0.29, 0.717) is 12.5 Å². The van der Waals surface area contributed by atoms with Crippen molar-refractivity contribution >= 4 is 29.9 Å². The van der Waals surface area contributed by atoms with E-state index in [1.54, 1.807) is 14.0 Å². The van der Waals surface area contributed by atoms with Gasteiger partial charge in [0, 0.05) is 19.2 Å². The summed E-state index contributed by atoms with van der Waals surface area (Å²) in [6.45, 7) is 8.64. The minimum atomic E-state index is -0.993. The third-order valence-electron chi connectivity index (χ3n) is 2.79. The number of aliphatic imine (C=N–C) groups is 1. The molecule has 19 heavy (non-hydrogen) atoms. The van der Waals surface area contributed by atoms with E-state index in [0.717, 1.165) is 23.6 Å². The zero-order valence-electron chi connectivity index (χ0n) is 12.2. The fourth-order valence-corrected chi connectivity index (χ4v) is 1.90. The lowest BCUT2D eigenvalue weighted by molar-refractivity contribution is 0.0602. The van der Waals surface area contributed by atoms with Gasteiger partial charge in [0.15, 0.2) is 5.96 Å². The van der Waals surface area contributed by atoms with E-state index in [-0.39, 0.29) is 24.0 Å². The summed E-state index contributed by atoms with van der Waals surface area (Å²) in [5, 5.41) is 16.7. The molecule has 0 saturated heterocycles. The zero-order chi connectivity index (χ0) is 13.8. The lowest BCUT2D eigenvalue weighted by atomic mass is 9.96. The monoisotopic (exact) mass is 381 g/mol. The summed E-state index contributed by atoms with van der Waals surface area (Å²) in [6, 6.07) is 1.87. The van der Waals surface area contributed by atoms with Crippen molar-refractivity contribution in [3.8, 4) is 0 Å². The van der Waals surface area contributed by atoms with Gasteiger partial charge in [-0.3, -0.25) is 4.99 Å². The first-order chi connectivity index (χ1) is 8.40. The highest BCUT2D eigenvalue weighted by atomic mass is 127. The maximum Gasteiger partial charge on any atom is 0.191 e. The molecule has 1 aromatic heterocycles. The van der Waals surface area contributed by atoms with Crippen molar-refractivity contribution in [3.63, 3.8) is 0 Å². The fraction of sp³-hybridized carbons (Fsp3) is 0.615. The Labute approximate surface area is 131 Å². The Kier molecular flexibility index (Phi) is 7.43. The molecule has 1 unspecified atom stereocenters. The Balaban J connectivity index is 0.00000324. The van der Waals surface area contributed by atoms with Crippen molar-refractivity contribution in [2.24, 2.45) is 4.99 Å². The van der Waals surface area contributed by atoms with Crippen molar-refractivity contribution < 1.29 is 9.52 Å². The predicted molar refractivity (Wildman–Crippen MR) is 88.2 cm³/mol. The quantitative estimate of drug-likeness (QED) is 0.424. The normalized spacial score (nSPS) is 14.5. The number of furan rings is 1. The maximum atomic E-state index is 10.5. The lowest BCUT2D eigenvalue weighted by Crippen LogP contribution is -2.44. The number of hydrogen-bond donors (Lipinski definition) is 3. The number of aliphatic hydroxyl groups is 1. The lowest BCUT2D eigenvalue weighted by Gasteiger charge is -2.24. The molecule has 5 nitrogen and oxygen atoms in total. The first-order valence-electron chi connectivity index (χ1n) is 6.15. The van der Waals surface area contributed by atoms with E-state index in [1.165, 1.54) is 0 Å². The van der Waals surface area contributed by atoms with E-state index in [2.05, 4.69) is 15.6 Å². The van der Waals surface area contributed by atoms with Crippen LogP contribution in [0, 0.1) is 13.8 Å². The molecule has 6 heteroatoms. The summed E-state index contributed by atoms with van der Waals surface area (Å²) < 4.78 is 5.45. The molecule has 1 heterocycles. The highest BCUT2D eigenvalue weighted by Gasteiger charge is 2.27. The second-order valence-corrected chi connectivity index (χ2v) is 4.56. The molecule has 0 aliphatic heterocycles. The van der Waals surface area contributed by atoms with E-state index < -0.39 is 5.60 Å². The summed E-state index contributed by atoms with van der Waals surface area (Å²) in [5.74, 6) is 2.23. The number of nitrogens with zero attached hydrogens (tertiary/aromatic N) is 1. The smallest absolute Gasteiger partial charge is 0.191 e. The van der Waals surface area contributed by atoms with Crippen molar-refractivity contribution in [2.45, 2.75) is 33.3 Å². The maximum absolute atomic E-state index is 10.5. The van der Waals surface area contributed by atoms with Crippen LogP contribution in [0.25, 0.3) is 0 Å². The molecule has 0 saturated carbocycles. The molecule has 3 N–H and O–H groups in total. The van der Waals surface area contributed by atoms with Crippen LogP contribution in [0.5, 0.6) is 0 Å². The SMILES string of the molecule is CCNC(=NC)NCC(C)(O)c1cc(C)oc1C.I. The standard InChI is InChI=1S/C13H23N3O2.HI/c1-6-15-12(14-5)16-8-13(4,17)11-7-9(2)18-10(11)3;/h7,17H,6,8H2,1-5H3,(H2,14,15,16);1H. The van der Waals surface area contributed by atoms with Gasteiger partial charge in [0.2, 0.25) is 0 Å². The second-order valence-electron chi connectivity index (χ2n) is 4.56. The zero-order valence-corrected chi connectivity index (χ0v) is 14.5. The van der Waals surface area contributed by atoms with Crippen molar-refractivity contribution in [1.82, 2.24) is 10.6 Å². The average molecular weight is 381 g/mol. The van der Waals surface area contributed by atoms with Crippen LogP contribution in [0.15, 0.2) is 15.5 Å². The second kappa shape index (κ2) is 7.74. The predicted octanol–water partition coefficient (Wildman–Crippen LogP) is 1.91. The van der Waals surface area contributed by atoms with Gasteiger partial charge < -0.3 is 20.2 Å². The van der Waals surface area contributed by atoms with E-state index in [1.807, 2.05) is 26.8 Å². The Morgan fingerprint density at radius 1 is 1.42 bits per heavy atom. The Morgan fingerprint density at radius 3 is 2.47 bits per heavy atom. The van der Waals surface area contributed by atoms with Crippen LogP contribution < -0.4 is 10.6 Å². The fourth-order valence-electron chi connectivity index (χ4n) is 1.90. The number of guanidine groups is 1. The van der Waals surface area contributed by atoms with Crippen molar-refractivity contribution in [3.05, 3.63) is 23.2 Å². The number of aryl methyl sites for hydroxylation is 2. The molecule has 0 bridgehead atoms. The van der Waals surface area contributed by atoms with Gasteiger partial charge in [0.25, 0.3) is 0 Å². The van der Waals surface area contributed by atoms with E-state index >= 15 is 0 Å². The van der Waals surface area contributed by atoms with Crippen LogP contribution in [-0.4, -0.2) is 31.2 Å². The average Bonchev–Trinajstić information content (AvgIpc) is 2.64. The summed E-state index contributed by atoms with van der Waals surface area (Å²) in [6.07, 6.45) is 0. The number of rotatable bonds is 4. The van der Waals surface area contributed by atoms with Gasteiger partial charge in [-0.1, -0.05) is 0 Å². The Bertz CT molecular complexity index is 428. The largest absolute Gasteiger partial charge is 0.466 e. The van der Waals surface area contributed by atoms with Crippen LogP contribution >= 0.6 is 24.0 Å². The molecule has 0 spiro atoms. The van der Waals surface area contributed by atoms with Crippen molar-refractivity contribution in [1.29, 1.82) is 0 Å². The summed E-state index contributed by atoms with van der Waals surface area (Å²) >= 11 is 0. The molecule has 0 amide bonds. The van der Waals surface area contributed by atoms with Crippen LogP contribution in [0.3, 0.4) is 0 Å². The molecule has 1 rings (SSSR count). The van der Waals surface area contributed by atoms with Crippen LogP contribution in [-0.2, 0) is 5.60 Å².